The Morgan fingerprint density at radius 3 is 2.42 bits per heavy atom. The van der Waals surface area contributed by atoms with Crippen molar-refractivity contribution in [1.82, 2.24) is 5.32 Å². The summed E-state index contributed by atoms with van der Waals surface area (Å²) in [4.78, 5) is 22.9. The molecule has 0 radical (unpaired) electrons. The van der Waals surface area contributed by atoms with Crippen LogP contribution < -0.4 is 11.1 Å². The fourth-order valence-electron chi connectivity index (χ4n) is 2.45. The average Bonchev–Trinajstić information content (AvgIpc) is 3.07. The summed E-state index contributed by atoms with van der Waals surface area (Å²) in [7, 11) is 0. The molecular weight excluding hydrogens is 244 g/mol. The third kappa shape index (κ3) is 5.19. The first-order chi connectivity index (χ1) is 8.73. The summed E-state index contributed by atoms with van der Waals surface area (Å²) in [6.07, 6.45) is 2.89. The first kappa shape index (κ1) is 16.0. The molecular formula is C14H26N2O3. The van der Waals surface area contributed by atoms with Gasteiger partial charge in [0.05, 0.1) is 5.54 Å². The molecule has 1 amide bonds. The van der Waals surface area contributed by atoms with Crippen molar-refractivity contribution in [3.05, 3.63) is 0 Å². The molecule has 1 saturated carbocycles. The lowest BCUT2D eigenvalue weighted by atomic mass is 9.92. The van der Waals surface area contributed by atoms with Crippen LogP contribution in [-0.4, -0.2) is 29.1 Å². The first-order valence-corrected chi connectivity index (χ1v) is 7.02. The summed E-state index contributed by atoms with van der Waals surface area (Å²) in [5.41, 5.74) is 5.21. The van der Waals surface area contributed by atoms with Crippen LogP contribution in [0.4, 0.5) is 0 Å². The Morgan fingerprint density at radius 1 is 1.42 bits per heavy atom. The molecule has 0 saturated heterocycles. The molecule has 0 aromatic rings. The number of rotatable bonds is 8. The molecule has 0 spiro atoms. The van der Waals surface area contributed by atoms with Crippen molar-refractivity contribution in [2.24, 2.45) is 23.5 Å². The highest BCUT2D eigenvalue weighted by Crippen LogP contribution is 2.38. The predicted octanol–water partition coefficient (Wildman–Crippen LogP) is 1.37. The minimum Gasteiger partial charge on any atom is -0.481 e. The summed E-state index contributed by atoms with van der Waals surface area (Å²) in [6, 6.07) is 0. The zero-order valence-corrected chi connectivity index (χ0v) is 12.1. The van der Waals surface area contributed by atoms with Crippen LogP contribution >= 0.6 is 0 Å². The summed E-state index contributed by atoms with van der Waals surface area (Å²) >= 11 is 0. The molecule has 0 aliphatic heterocycles. The van der Waals surface area contributed by atoms with Crippen LogP contribution in [0.5, 0.6) is 0 Å². The van der Waals surface area contributed by atoms with Gasteiger partial charge in [0, 0.05) is 13.0 Å². The van der Waals surface area contributed by atoms with Gasteiger partial charge in [-0.25, -0.2) is 0 Å². The minimum absolute atomic E-state index is 0.0311. The maximum atomic E-state index is 12.0. The van der Waals surface area contributed by atoms with E-state index in [9.17, 15) is 9.59 Å². The summed E-state index contributed by atoms with van der Waals surface area (Å²) < 4.78 is 0. The van der Waals surface area contributed by atoms with Crippen LogP contribution in [0.3, 0.4) is 0 Å². The lowest BCUT2D eigenvalue weighted by molar-refractivity contribution is -0.138. The van der Waals surface area contributed by atoms with Gasteiger partial charge in [-0.2, -0.15) is 0 Å². The second-order valence-corrected chi connectivity index (χ2v) is 6.36. The number of carboxylic acid groups (broad SMARTS) is 1. The van der Waals surface area contributed by atoms with Gasteiger partial charge >= 0.3 is 5.97 Å². The van der Waals surface area contributed by atoms with Crippen molar-refractivity contribution in [2.45, 2.75) is 52.0 Å². The van der Waals surface area contributed by atoms with E-state index in [0.717, 1.165) is 19.3 Å². The van der Waals surface area contributed by atoms with Gasteiger partial charge in [-0.15, -0.1) is 0 Å². The van der Waals surface area contributed by atoms with E-state index >= 15 is 0 Å². The first-order valence-electron chi connectivity index (χ1n) is 7.02. The van der Waals surface area contributed by atoms with Gasteiger partial charge in [-0.1, -0.05) is 13.8 Å². The zero-order chi connectivity index (χ0) is 14.6. The van der Waals surface area contributed by atoms with Crippen LogP contribution in [0.1, 0.15) is 46.5 Å². The number of nitrogens with two attached hydrogens (primary N) is 1. The van der Waals surface area contributed by atoms with Gasteiger partial charge in [0.15, 0.2) is 0 Å². The Kier molecular flexibility index (Phi) is 5.35. The molecule has 0 aromatic heterocycles. The summed E-state index contributed by atoms with van der Waals surface area (Å²) in [6.45, 7) is 6.25. The summed E-state index contributed by atoms with van der Waals surface area (Å²) in [5.74, 6) is -0.326. The lowest BCUT2D eigenvalue weighted by Gasteiger charge is -2.25. The second-order valence-electron chi connectivity index (χ2n) is 6.36. The Bertz CT molecular complexity index is 336. The van der Waals surface area contributed by atoms with Gasteiger partial charge in [0.2, 0.25) is 5.91 Å². The monoisotopic (exact) mass is 270 g/mol. The third-order valence-electron chi connectivity index (χ3n) is 3.73. The molecule has 110 valence electrons. The number of carbonyl (C=O) groups excluding carboxylic acids is 1. The van der Waals surface area contributed by atoms with Gasteiger partial charge in [-0.3, -0.25) is 9.59 Å². The lowest BCUT2D eigenvalue weighted by Crippen LogP contribution is -2.54. The van der Waals surface area contributed by atoms with E-state index in [4.69, 9.17) is 10.8 Å². The maximum Gasteiger partial charge on any atom is 0.303 e. The molecule has 5 nitrogen and oxygen atoms in total. The molecule has 1 aliphatic rings. The third-order valence-corrected chi connectivity index (χ3v) is 3.73. The van der Waals surface area contributed by atoms with Gasteiger partial charge < -0.3 is 16.2 Å². The minimum atomic E-state index is -0.822. The van der Waals surface area contributed by atoms with Crippen molar-refractivity contribution in [3.63, 3.8) is 0 Å². The largest absolute Gasteiger partial charge is 0.481 e. The molecule has 0 bridgehead atoms. The highest BCUT2D eigenvalue weighted by atomic mass is 16.4. The van der Waals surface area contributed by atoms with E-state index < -0.39 is 11.5 Å². The van der Waals surface area contributed by atoms with E-state index in [1.807, 2.05) is 13.8 Å². The van der Waals surface area contributed by atoms with Crippen molar-refractivity contribution in [2.75, 3.05) is 6.54 Å². The predicted molar refractivity (Wildman–Crippen MR) is 73.5 cm³/mol. The maximum absolute atomic E-state index is 12.0. The molecule has 0 aromatic carbocycles. The summed E-state index contributed by atoms with van der Waals surface area (Å²) in [5, 5.41) is 11.7. The second kappa shape index (κ2) is 6.37. The normalized spacial score (nSPS) is 19.8. The van der Waals surface area contributed by atoms with Crippen molar-refractivity contribution in [3.8, 4) is 0 Å². The fourth-order valence-corrected chi connectivity index (χ4v) is 2.45. The number of amides is 1. The zero-order valence-electron chi connectivity index (χ0n) is 12.1. The van der Waals surface area contributed by atoms with Gasteiger partial charge in [0.1, 0.15) is 0 Å². The highest BCUT2D eigenvalue weighted by Gasteiger charge is 2.44. The average molecular weight is 270 g/mol. The molecule has 19 heavy (non-hydrogen) atoms. The van der Waals surface area contributed by atoms with Crippen molar-refractivity contribution in [1.29, 1.82) is 0 Å². The number of carboxylic acids is 1. The molecule has 4 N–H and O–H groups in total. The molecule has 1 unspecified atom stereocenters. The number of hydrogen-bond acceptors (Lipinski definition) is 3. The Labute approximate surface area is 114 Å². The Hall–Kier alpha value is -1.10. The van der Waals surface area contributed by atoms with Crippen molar-refractivity contribution < 1.29 is 14.7 Å². The standard InChI is InChI=1S/C14H26N2O3/c1-9(2)6-10(7-12(17)18)8-16-13(19)14(3,15)11-4-5-11/h9-11H,4-8,15H2,1-3H3,(H,16,19)(H,17,18)/t10-,14?/m0/s1. The van der Waals surface area contributed by atoms with Crippen LogP contribution in [0.15, 0.2) is 0 Å². The molecule has 2 atom stereocenters. The SMILES string of the molecule is CC(C)C[C@H](CNC(=O)C(C)(N)C1CC1)CC(=O)O. The number of nitrogens with one attached hydrogen (secondary N) is 1. The van der Waals surface area contributed by atoms with Crippen LogP contribution in [-0.2, 0) is 9.59 Å². The van der Waals surface area contributed by atoms with E-state index in [1.54, 1.807) is 6.92 Å². The number of aliphatic carboxylic acids is 1. The molecule has 5 heteroatoms. The van der Waals surface area contributed by atoms with E-state index in [-0.39, 0.29) is 24.2 Å². The van der Waals surface area contributed by atoms with E-state index in [2.05, 4.69) is 5.32 Å². The number of hydrogen-bond donors (Lipinski definition) is 3. The van der Waals surface area contributed by atoms with Gasteiger partial charge in [0.25, 0.3) is 0 Å². The molecule has 1 aliphatic carbocycles. The van der Waals surface area contributed by atoms with E-state index in [1.165, 1.54) is 0 Å². The van der Waals surface area contributed by atoms with Crippen LogP contribution in [0, 0.1) is 17.8 Å². The molecule has 0 heterocycles. The smallest absolute Gasteiger partial charge is 0.303 e. The molecule has 1 rings (SSSR count). The van der Waals surface area contributed by atoms with Crippen molar-refractivity contribution >= 4 is 11.9 Å². The number of carbonyl (C=O) groups is 2. The van der Waals surface area contributed by atoms with Crippen LogP contribution in [0.25, 0.3) is 0 Å². The Morgan fingerprint density at radius 2 is 2.00 bits per heavy atom. The quantitative estimate of drug-likeness (QED) is 0.621. The van der Waals surface area contributed by atoms with Crippen LogP contribution in [0.2, 0.25) is 0 Å². The van der Waals surface area contributed by atoms with Gasteiger partial charge in [-0.05, 0) is 43.9 Å². The topological polar surface area (TPSA) is 92.4 Å². The fraction of sp³-hybridized carbons (Fsp3) is 0.857. The molecule has 1 fully saturated rings. The highest BCUT2D eigenvalue weighted by molar-refractivity contribution is 5.86. The van der Waals surface area contributed by atoms with E-state index in [0.29, 0.717) is 12.5 Å². The Balaban J connectivity index is 2.45.